The van der Waals surface area contributed by atoms with Gasteiger partial charge in [-0.2, -0.15) is 0 Å². The van der Waals surface area contributed by atoms with Gasteiger partial charge in [-0.05, 0) is 48.9 Å². The maximum absolute atomic E-state index is 12.3. The first-order valence-corrected chi connectivity index (χ1v) is 9.43. The molecule has 2 aromatic carbocycles. The summed E-state index contributed by atoms with van der Waals surface area (Å²) in [6.07, 6.45) is 0.698. The van der Waals surface area contributed by atoms with E-state index in [0.29, 0.717) is 22.9 Å². The number of thioether (sulfide) groups is 1. The van der Waals surface area contributed by atoms with Crippen LogP contribution in [0.3, 0.4) is 0 Å². The zero-order valence-corrected chi connectivity index (χ0v) is 16.0. The van der Waals surface area contributed by atoms with Crippen LogP contribution < -0.4 is 5.32 Å². The van der Waals surface area contributed by atoms with E-state index in [1.807, 2.05) is 30.3 Å². The third-order valence-electron chi connectivity index (χ3n) is 3.46. The standard InChI is InChI=1S/C20H20ClNO3S/c1-3-11-22-19(23)14(2)25-20(24)16-6-4-5-15(12-16)13-26-18-9-7-17(21)8-10-18/h3-10,12,14H,1,11,13H2,2H3,(H,22,23)/t14-/m0/s1. The normalized spacial score (nSPS) is 11.5. The van der Waals surface area contributed by atoms with Crippen molar-refractivity contribution in [2.24, 2.45) is 0 Å². The lowest BCUT2D eigenvalue weighted by molar-refractivity contribution is -0.128. The van der Waals surface area contributed by atoms with Gasteiger partial charge < -0.3 is 10.1 Å². The molecule has 1 amide bonds. The molecule has 4 nitrogen and oxygen atoms in total. The number of rotatable bonds is 8. The molecule has 26 heavy (non-hydrogen) atoms. The molecule has 6 heteroatoms. The van der Waals surface area contributed by atoms with Crippen LogP contribution >= 0.6 is 23.4 Å². The Hall–Kier alpha value is -2.24. The number of ether oxygens (including phenoxy) is 1. The lowest BCUT2D eigenvalue weighted by Crippen LogP contribution is -2.35. The third-order valence-corrected chi connectivity index (χ3v) is 4.79. The fourth-order valence-corrected chi connectivity index (χ4v) is 3.05. The zero-order valence-electron chi connectivity index (χ0n) is 14.4. The first-order chi connectivity index (χ1) is 12.5. The predicted molar refractivity (Wildman–Crippen MR) is 106 cm³/mol. The molecule has 0 bridgehead atoms. The van der Waals surface area contributed by atoms with Crippen LogP contribution in [-0.2, 0) is 15.3 Å². The van der Waals surface area contributed by atoms with E-state index in [1.54, 1.807) is 36.0 Å². The molecule has 0 unspecified atom stereocenters. The van der Waals surface area contributed by atoms with Gasteiger partial charge >= 0.3 is 5.97 Å². The van der Waals surface area contributed by atoms with Crippen molar-refractivity contribution >= 4 is 35.2 Å². The van der Waals surface area contributed by atoms with Crippen LogP contribution in [-0.4, -0.2) is 24.5 Å². The number of benzene rings is 2. The van der Waals surface area contributed by atoms with Gasteiger partial charge in [0.1, 0.15) is 0 Å². The molecule has 1 N–H and O–H groups in total. The third kappa shape index (κ3) is 6.24. The van der Waals surface area contributed by atoms with Crippen LogP contribution in [0.1, 0.15) is 22.8 Å². The highest BCUT2D eigenvalue weighted by Crippen LogP contribution is 2.24. The van der Waals surface area contributed by atoms with Crippen LogP contribution in [0.25, 0.3) is 0 Å². The summed E-state index contributed by atoms with van der Waals surface area (Å²) in [6.45, 7) is 5.39. The van der Waals surface area contributed by atoms with Crippen LogP contribution in [0.5, 0.6) is 0 Å². The second kappa shape index (κ2) is 10.0. The maximum atomic E-state index is 12.3. The fraction of sp³-hybridized carbons (Fsp3) is 0.200. The topological polar surface area (TPSA) is 55.4 Å². The number of esters is 1. The van der Waals surface area contributed by atoms with E-state index >= 15 is 0 Å². The van der Waals surface area contributed by atoms with Gasteiger partial charge in [0.15, 0.2) is 6.10 Å². The molecular formula is C20H20ClNO3S. The molecule has 0 aromatic heterocycles. The number of carbonyl (C=O) groups excluding carboxylic acids is 2. The molecule has 0 spiro atoms. The SMILES string of the molecule is C=CCNC(=O)[C@H](C)OC(=O)c1cccc(CSc2ccc(Cl)cc2)c1. The summed E-state index contributed by atoms with van der Waals surface area (Å²) in [5, 5.41) is 3.30. The molecule has 0 fully saturated rings. The zero-order chi connectivity index (χ0) is 18.9. The number of hydrogen-bond acceptors (Lipinski definition) is 4. The highest BCUT2D eigenvalue weighted by atomic mass is 35.5. The minimum Gasteiger partial charge on any atom is -0.449 e. The van der Waals surface area contributed by atoms with Gasteiger partial charge in [0.05, 0.1) is 5.56 Å². The van der Waals surface area contributed by atoms with Gasteiger partial charge in [0, 0.05) is 22.2 Å². The quantitative estimate of drug-likeness (QED) is 0.411. The number of carbonyl (C=O) groups is 2. The Morgan fingerprint density at radius 1 is 1.27 bits per heavy atom. The molecular weight excluding hydrogens is 370 g/mol. The Morgan fingerprint density at radius 3 is 2.69 bits per heavy atom. The van der Waals surface area contributed by atoms with Crippen molar-refractivity contribution in [1.82, 2.24) is 5.32 Å². The van der Waals surface area contributed by atoms with E-state index in [4.69, 9.17) is 16.3 Å². The van der Waals surface area contributed by atoms with Crippen molar-refractivity contribution in [3.8, 4) is 0 Å². The summed E-state index contributed by atoms with van der Waals surface area (Å²) in [7, 11) is 0. The number of amides is 1. The summed E-state index contributed by atoms with van der Waals surface area (Å²) in [5.74, 6) is -0.171. The molecule has 0 saturated heterocycles. The van der Waals surface area contributed by atoms with Gasteiger partial charge in [-0.15, -0.1) is 18.3 Å². The smallest absolute Gasteiger partial charge is 0.338 e. The number of nitrogens with one attached hydrogen (secondary N) is 1. The van der Waals surface area contributed by atoms with Crippen LogP contribution in [0, 0.1) is 0 Å². The fourth-order valence-electron chi connectivity index (χ4n) is 2.08. The first kappa shape index (κ1) is 20.1. The number of halogens is 1. The highest BCUT2D eigenvalue weighted by molar-refractivity contribution is 7.98. The monoisotopic (exact) mass is 389 g/mol. The van der Waals surface area contributed by atoms with Crippen molar-refractivity contribution in [1.29, 1.82) is 0 Å². The summed E-state index contributed by atoms with van der Waals surface area (Å²) in [6, 6.07) is 14.8. The van der Waals surface area contributed by atoms with E-state index in [-0.39, 0.29) is 5.91 Å². The minimum absolute atomic E-state index is 0.331. The molecule has 0 aliphatic rings. The van der Waals surface area contributed by atoms with Crippen molar-refractivity contribution in [2.75, 3.05) is 6.54 Å². The summed E-state index contributed by atoms with van der Waals surface area (Å²) >= 11 is 7.53. The lowest BCUT2D eigenvalue weighted by Gasteiger charge is -2.13. The van der Waals surface area contributed by atoms with E-state index in [9.17, 15) is 9.59 Å². The van der Waals surface area contributed by atoms with E-state index < -0.39 is 12.1 Å². The van der Waals surface area contributed by atoms with Gasteiger partial charge in [-0.25, -0.2) is 4.79 Å². The summed E-state index contributed by atoms with van der Waals surface area (Å²) < 4.78 is 5.22. The maximum Gasteiger partial charge on any atom is 0.338 e. The van der Waals surface area contributed by atoms with E-state index in [0.717, 1.165) is 10.5 Å². The van der Waals surface area contributed by atoms with Crippen molar-refractivity contribution < 1.29 is 14.3 Å². The van der Waals surface area contributed by atoms with E-state index in [1.165, 1.54) is 6.92 Å². The van der Waals surface area contributed by atoms with Crippen molar-refractivity contribution in [3.63, 3.8) is 0 Å². The molecule has 0 heterocycles. The van der Waals surface area contributed by atoms with Gasteiger partial charge in [0.25, 0.3) is 5.91 Å². The largest absolute Gasteiger partial charge is 0.449 e. The Morgan fingerprint density at radius 2 is 2.00 bits per heavy atom. The molecule has 0 radical (unpaired) electrons. The molecule has 2 rings (SSSR count). The molecule has 0 aliphatic heterocycles. The van der Waals surface area contributed by atoms with Crippen LogP contribution in [0.15, 0.2) is 66.1 Å². The van der Waals surface area contributed by atoms with Gasteiger partial charge in [-0.3, -0.25) is 4.79 Å². The van der Waals surface area contributed by atoms with Crippen LogP contribution in [0.4, 0.5) is 0 Å². The number of hydrogen-bond donors (Lipinski definition) is 1. The first-order valence-electron chi connectivity index (χ1n) is 8.06. The Balaban J connectivity index is 1.94. The van der Waals surface area contributed by atoms with Crippen LogP contribution in [0.2, 0.25) is 5.02 Å². The van der Waals surface area contributed by atoms with Crippen molar-refractivity contribution in [3.05, 3.63) is 77.3 Å². The van der Waals surface area contributed by atoms with Gasteiger partial charge in [0.2, 0.25) is 0 Å². The summed E-state index contributed by atoms with van der Waals surface area (Å²) in [5.41, 5.74) is 1.41. The summed E-state index contributed by atoms with van der Waals surface area (Å²) in [4.78, 5) is 25.1. The highest BCUT2D eigenvalue weighted by Gasteiger charge is 2.18. The Bertz CT molecular complexity index is 777. The van der Waals surface area contributed by atoms with E-state index in [2.05, 4.69) is 11.9 Å². The molecule has 2 aromatic rings. The lowest BCUT2D eigenvalue weighted by atomic mass is 10.1. The molecule has 0 aliphatic carbocycles. The van der Waals surface area contributed by atoms with Crippen molar-refractivity contribution in [2.45, 2.75) is 23.7 Å². The van der Waals surface area contributed by atoms with Gasteiger partial charge in [-0.1, -0.05) is 29.8 Å². The predicted octanol–water partition coefficient (Wildman–Crippen LogP) is 4.48. The average Bonchev–Trinajstić information content (AvgIpc) is 2.65. The Labute approximate surface area is 162 Å². The second-order valence-electron chi connectivity index (χ2n) is 5.52. The second-order valence-corrected chi connectivity index (χ2v) is 7.01. The average molecular weight is 390 g/mol. The Kier molecular flexibility index (Phi) is 7.75. The molecule has 136 valence electrons. The molecule has 0 saturated carbocycles. The minimum atomic E-state index is -0.866. The molecule has 1 atom stereocenters.